The molecule has 0 spiro atoms. The van der Waals surface area contributed by atoms with Gasteiger partial charge in [0.05, 0.1) is 0 Å². The minimum absolute atomic E-state index is 0.749. The van der Waals surface area contributed by atoms with Crippen LogP contribution >= 0.6 is 0 Å². The second-order valence-corrected chi connectivity index (χ2v) is 2.34. The van der Waals surface area contributed by atoms with E-state index < -0.39 is 0 Å². The Hall–Kier alpha value is -0.985. The summed E-state index contributed by atoms with van der Waals surface area (Å²) in [7, 11) is 9.39. The fraction of sp³-hybridized carbons (Fsp3) is 0.286. The van der Waals surface area contributed by atoms with Crippen LogP contribution in [0.15, 0.2) is 18.3 Å². The Morgan fingerprint density at radius 2 is 2.20 bits per heavy atom. The van der Waals surface area contributed by atoms with Crippen LogP contribution in [0.5, 0.6) is 0 Å². The first-order chi connectivity index (χ1) is 4.70. The second kappa shape index (κ2) is 2.73. The average Bonchev–Trinajstić information content (AvgIpc) is 1.88. The van der Waals surface area contributed by atoms with Crippen LogP contribution < -0.4 is 10.4 Å². The van der Waals surface area contributed by atoms with Crippen molar-refractivity contribution >= 4 is 19.1 Å². The quantitative estimate of drug-likeness (QED) is 0.497. The van der Waals surface area contributed by atoms with Gasteiger partial charge < -0.3 is 4.90 Å². The average molecular weight is 132 g/mol. The van der Waals surface area contributed by atoms with E-state index in [0.29, 0.717) is 0 Å². The molecule has 0 atom stereocenters. The number of aromatic nitrogens is 1. The molecule has 1 aromatic rings. The molecule has 0 saturated heterocycles. The molecule has 1 heterocycles. The summed E-state index contributed by atoms with van der Waals surface area (Å²) in [6.45, 7) is 0. The monoisotopic (exact) mass is 132 g/mol. The van der Waals surface area contributed by atoms with Gasteiger partial charge in [-0.15, -0.1) is 0 Å². The highest BCUT2D eigenvalue weighted by atomic mass is 15.1. The van der Waals surface area contributed by atoms with Gasteiger partial charge in [0.2, 0.25) is 0 Å². The van der Waals surface area contributed by atoms with Crippen molar-refractivity contribution in [3.63, 3.8) is 0 Å². The molecule has 0 aliphatic rings. The highest BCUT2D eigenvalue weighted by molar-refractivity contribution is 6.32. The standard InChI is InChI=1S/C7H9BN2/c1-10(2)7-5-6(8)3-4-9-7/h3-5H,1-2H3. The Balaban J connectivity index is 2.96. The summed E-state index contributed by atoms with van der Waals surface area (Å²) < 4.78 is 0. The SMILES string of the molecule is [B]c1ccnc(N(C)C)c1. The third kappa shape index (κ3) is 1.50. The van der Waals surface area contributed by atoms with Gasteiger partial charge in [0, 0.05) is 20.3 Å². The first-order valence-electron chi connectivity index (χ1n) is 3.09. The van der Waals surface area contributed by atoms with Crippen molar-refractivity contribution in [2.75, 3.05) is 19.0 Å². The van der Waals surface area contributed by atoms with Gasteiger partial charge in [-0.25, -0.2) is 4.98 Å². The highest BCUT2D eigenvalue weighted by Crippen LogP contribution is 2.00. The van der Waals surface area contributed by atoms with Crippen molar-refractivity contribution in [3.8, 4) is 0 Å². The van der Waals surface area contributed by atoms with E-state index in [4.69, 9.17) is 7.85 Å². The Labute approximate surface area is 62.3 Å². The number of anilines is 1. The first kappa shape index (κ1) is 7.13. The van der Waals surface area contributed by atoms with Crippen molar-refractivity contribution in [2.45, 2.75) is 0 Å². The maximum absolute atomic E-state index is 5.53. The molecule has 0 fully saturated rings. The molecule has 0 amide bonds. The Morgan fingerprint density at radius 1 is 1.50 bits per heavy atom. The van der Waals surface area contributed by atoms with Crippen LogP contribution in [0.1, 0.15) is 0 Å². The topological polar surface area (TPSA) is 16.1 Å². The van der Waals surface area contributed by atoms with Gasteiger partial charge in [-0.2, -0.15) is 0 Å². The zero-order valence-electron chi connectivity index (χ0n) is 6.20. The van der Waals surface area contributed by atoms with Crippen LogP contribution in [0, 0.1) is 0 Å². The van der Waals surface area contributed by atoms with Crippen LogP contribution in [-0.2, 0) is 0 Å². The largest absolute Gasteiger partial charge is 0.363 e. The molecule has 1 aromatic heterocycles. The summed E-state index contributed by atoms with van der Waals surface area (Å²) in [6, 6.07) is 3.60. The van der Waals surface area contributed by atoms with E-state index in [0.717, 1.165) is 11.3 Å². The lowest BCUT2D eigenvalue weighted by atomic mass is 9.98. The van der Waals surface area contributed by atoms with Gasteiger partial charge in [0.1, 0.15) is 13.7 Å². The summed E-state index contributed by atoms with van der Waals surface area (Å²) in [5.41, 5.74) is 0.749. The molecule has 2 radical (unpaired) electrons. The van der Waals surface area contributed by atoms with E-state index in [9.17, 15) is 0 Å². The van der Waals surface area contributed by atoms with Crippen molar-refractivity contribution in [1.29, 1.82) is 0 Å². The number of hydrogen-bond donors (Lipinski definition) is 0. The van der Waals surface area contributed by atoms with Gasteiger partial charge in [-0.1, -0.05) is 11.5 Å². The normalized spacial score (nSPS) is 9.40. The van der Waals surface area contributed by atoms with Crippen LogP contribution in [0.4, 0.5) is 5.82 Å². The highest BCUT2D eigenvalue weighted by Gasteiger charge is 1.93. The first-order valence-corrected chi connectivity index (χ1v) is 3.09. The van der Waals surface area contributed by atoms with Crippen LogP contribution in [0.2, 0.25) is 0 Å². The van der Waals surface area contributed by atoms with E-state index in [1.165, 1.54) is 0 Å². The van der Waals surface area contributed by atoms with Gasteiger partial charge in [-0.05, 0) is 6.07 Å². The number of hydrogen-bond acceptors (Lipinski definition) is 2. The Morgan fingerprint density at radius 3 is 2.60 bits per heavy atom. The van der Waals surface area contributed by atoms with Gasteiger partial charge in [-0.3, -0.25) is 0 Å². The summed E-state index contributed by atoms with van der Waals surface area (Å²) in [6.07, 6.45) is 1.70. The number of pyridine rings is 1. The molecule has 0 N–H and O–H groups in total. The lowest BCUT2D eigenvalue weighted by Crippen LogP contribution is -2.13. The molecule has 10 heavy (non-hydrogen) atoms. The molecule has 50 valence electrons. The van der Waals surface area contributed by atoms with E-state index in [1.807, 2.05) is 25.1 Å². The van der Waals surface area contributed by atoms with Crippen molar-refractivity contribution in [1.82, 2.24) is 4.98 Å². The van der Waals surface area contributed by atoms with E-state index >= 15 is 0 Å². The molecule has 3 heteroatoms. The van der Waals surface area contributed by atoms with Crippen molar-refractivity contribution in [2.24, 2.45) is 0 Å². The zero-order chi connectivity index (χ0) is 7.56. The predicted octanol–water partition coefficient (Wildman–Crippen LogP) is -0.0586. The molecule has 0 saturated carbocycles. The molecule has 1 rings (SSSR count). The fourth-order valence-corrected chi connectivity index (χ4v) is 0.679. The van der Waals surface area contributed by atoms with E-state index in [2.05, 4.69) is 4.98 Å². The summed E-state index contributed by atoms with van der Waals surface area (Å²) in [4.78, 5) is 6.00. The maximum Gasteiger partial charge on any atom is 0.127 e. The zero-order valence-corrected chi connectivity index (χ0v) is 6.20. The summed E-state index contributed by atoms with van der Waals surface area (Å²) in [5.74, 6) is 0.889. The Kier molecular flexibility index (Phi) is 1.95. The lowest BCUT2D eigenvalue weighted by Gasteiger charge is -2.10. The second-order valence-electron chi connectivity index (χ2n) is 2.34. The minimum atomic E-state index is 0.749. The smallest absolute Gasteiger partial charge is 0.127 e. The van der Waals surface area contributed by atoms with E-state index in [-0.39, 0.29) is 0 Å². The summed E-state index contributed by atoms with van der Waals surface area (Å²) >= 11 is 0. The summed E-state index contributed by atoms with van der Waals surface area (Å²) in [5, 5.41) is 0. The van der Waals surface area contributed by atoms with E-state index in [1.54, 1.807) is 12.3 Å². The van der Waals surface area contributed by atoms with Gasteiger partial charge >= 0.3 is 0 Å². The van der Waals surface area contributed by atoms with Crippen LogP contribution in [-0.4, -0.2) is 26.9 Å². The molecule has 0 bridgehead atoms. The molecule has 0 aliphatic heterocycles. The number of rotatable bonds is 1. The molecule has 0 aliphatic carbocycles. The molecular weight excluding hydrogens is 123 g/mol. The van der Waals surface area contributed by atoms with Crippen molar-refractivity contribution < 1.29 is 0 Å². The lowest BCUT2D eigenvalue weighted by molar-refractivity contribution is 1.07. The van der Waals surface area contributed by atoms with Crippen LogP contribution in [0.25, 0.3) is 0 Å². The molecular formula is C7H9BN2. The number of nitrogens with zero attached hydrogens (tertiary/aromatic N) is 2. The minimum Gasteiger partial charge on any atom is -0.363 e. The molecule has 0 aromatic carbocycles. The molecule has 0 unspecified atom stereocenters. The van der Waals surface area contributed by atoms with Gasteiger partial charge in [0.15, 0.2) is 0 Å². The predicted molar refractivity (Wildman–Crippen MR) is 44.0 cm³/mol. The van der Waals surface area contributed by atoms with Crippen LogP contribution in [0.3, 0.4) is 0 Å². The van der Waals surface area contributed by atoms with Gasteiger partial charge in [0.25, 0.3) is 0 Å². The third-order valence-electron chi connectivity index (χ3n) is 1.23. The third-order valence-corrected chi connectivity index (χ3v) is 1.23. The molecule has 2 nitrogen and oxygen atoms in total. The maximum atomic E-state index is 5.53. The Bertz CT molecular complexity index is 223. The fourth-order valence-electron chi connectivity index (χ4n) is 0.679. The van der Waals surface area contributed by atoms with Crippen molar-refractivity contribution in [3.05, 3.63) is 18.3 Å².